The smallest absolute Gasteiger partial charge is 0.222 e. The molecule has 1 saturated heterocycles. The summed E-state index contributed by atoms with van der Waals surface area (Å²) in [7, 11) is 0. The number of rotatable bonds is 3. The van der Waals surface area contributed by atoms with Crippen molar-refractivity contribution >= 4 is 5.91 Å². The summed E-state index contributed by atoms with van der Waals surface area (Å²) in [6.07, 6.45) is 3.63. The molecule has 0 unspecified atom stereocenters. The molecule has 0 atom stereocenters. The molecule has 108 valence electrons. The van der Waals surface area contributed by atoms with E-state index in [1.807, 2.05) is 4.90 Å². The molecule has 2 aliphatic rings. The van der Waals surface area contributed by atoms with Gasteiger partial charge in [-0.25, -0.2) is 0 Å². The van der Waals surface area contributed by atoms with Gasteiger partial charge in [0.1, 0.15) is 5.75 Å². The first-order valence-corrected chi connectivity index (χ1v) is 7.56. The van der Waals surface area contributed by atoms with Crippen LogP contribution < -0.4 is 10.1 Å². The lowest BCUT2D eigenvalue weighted by Gasteiger charge is -2.27. The second kappa shape index (κ2) is 6.27. The summed E-state index contributed by atoms with van der Waals surface area (Å²) in [5, 5.41) is 3.27. The first-order valence-electron chi connectivity index (χ1n) is 7.56. The number of piperazine rings is 1. The Morgan fingerprint density at radius 2 is 2.15 bits per heavy atom. The van der Waals surface area contributed by atoms with Gasteiger partial charge in [0.05, 0.1) is 6.61 Å². The first-order chi connectivity index (χ1) is 9.83. The fraction of sp³-hybridized carbons (Fsp3) is 0.562. The lowest BCUT2D eigenvalue weighted by molar-refractivity contribution is -0.131. The molecule has 0 aromatic heterocycles. The number of carbonyl (C=O) groups excluding carboxylic acids is 1. The quantitative estimate of drug-likeness (QED) is 0.905. The van der Waals surface area contributed by atoms with Crippen molar-refractivity contribution in [1.29, 1.82) is 0 Å². The fourth-order valence-electron chi connectivity index (χ4n) is 2.89. The Balaban J connectivity index is 1.56. The number of amides is 1. The lowest BCUT2D eigenvalue weighted by Crippen LogP contribution is -2.46. The lowest BCUT2D eigenvalue weighted by atomic mass is 10.0. The number of benzene rings is 1. The van der Waals surface area contributed by atoms with Crippen molar-refractivity contribution in [3.8, 4) is 5.75 Å². The van der Waals surface area contributed by atoms with Gasteiger partial charge < -0.3 is 15.0 Å². The summed E-state index contributed by atoms with van der Waals surface area (Å²) in [6, 6.07) is 6.36. The molecule has 20 heavy (non-hydrogen) atoms. The Morgan fingerprint density at radius 1 is 1.30 bits per heavy atom. The molecular formula is C16H22N2O2. The largest absolute Gasteiger partial charge is 0.493 e. The van der Waals surface area contributed by atoms with E-state index in [1.165, 1.54) is 11.1 Å². The molecular weight excluding hydrogens is 252 g/mol. The average molecular weight is 274 g/mol. The Kier molecular flexibility index (Phi) is 4.21. The van der Waals surface area contributed by atoms with E-state index in [9.17, 15) is 4.79 Å². The zero-order chi connectivity index (χ0) is 13.8. The number of ether oxygens (including phenoxy) is 1. The van der Waals surface area contributed by atoms with Gasteiger partial charge in [-0.2, -0.15) is 0 Å². The molecule has 4 heteroatoms. The maximum Gasteiger partial charge on any atom is 0.222 e. The summed E-state index contributed by atoms with van der Waals surface area (Å²) in [5.74, 6) is 1.30. The molecule has 3 rings (SSSR count). The van der Waals surface area contributed by atoms with Crippen molar-refractivity contribution in [2.75, 3.05) is 32.8 Å². The molecule has 0 spiro atoms. The Bertz CT molecular complexity index is 481. The predicted molar refractivity (Wildman–Crippen MR) is 78.0 cm³/mol. The van der Waals surface area contributed by atoms with Crippen LogP contribution in [0.25, 0.3) is 0 Å². The van der Waals surface area contributed by atoms with E-state index < -0.39 is 0 Å². The fourth-order valence-corrected chi connectivity index (χ4v) is 2.89. The highest BCUT2D eigenvalue weighted by molar-refractivity contribution is 5.76. The standard InChI is InChI=1S/C16H22N2O2/c19-16(18-9-7-17-8-10-18)6-4-13-3-5-15-14(12-13)2-1-11-20-15/h3,5,12,17H,1-2,4,6-11H2. The molecule has 4 nitrogen and oxygen atoms in total. The van der Waals surface area contributed by atoms with Crippen LogP contribution in [0.15, 0.2) is 18.2 Å². The molecule has 0 aliphatic carbocycles. The van der Waals surface area contributed by atoms with E-state index in [4.69, 9.17) is 4.74 Å². The Morgan fingerprint density at radius 3 is 3.00 bits per heavy atom. The molecule has 1 amide bonds. The summed E-state index contributed by atoms with van der Waals surface area (Å²) in [5.41, 5.74) is 2.54. The van der Waals surface area contributed by atoms with Crippen LogP contribution in [0, 0.1) is 0 Å². The highest BCUT2D eigenvalue weighted by Crippen LogP contribution is 2.26. The van der Waals surface area contributed by atoms with Gasteiger partial charge in [0.15, 0.2) is 0 Å². The molecule has 2 aliphatic heterocycles. The van der Waals surface area contributed by atoms with Gasteiger partial charge in [0.2, 0.25) is 5.91 Å². The molecule has 0 radical (unpaired) electrons. The number of nitrogens with one attached hydrogen (secondary N) is 1. The third kappa shape index (κ3) is 3.12. The van der Waals surface area contributed by atoms with Gasteiger partial charge >= 0.3 is 0 Å². The van der Waals surface area contributed by atoms with Crippen molar-refractivity contribution in [1.82, 2.24) is 10.2 Å². The van der Waals surface area contributed by atoms with Gasteiger partial charge in [-0.15, -0.1) is 0 Å². The van der Waals surface area contributed by atoms with E-state index in [2.05, 4.69) is 23.5 Å². The monoisotopic (exact) mass is 274 g/mol. The van der Waals surface area contributed by atoms with E-state index in [1.54, 1.807) is 0 Å². The summed E-state index contributed by atoms with van der Waals surface area (Å²) in [4.78, 5) is 14.1. The number of nitrogens with zero attached hydrogens (tertiary/aromatic N) is 1. The third-order valence-corrected chi connectivity index (χ3v) is 4.07. The van der Waals surface area contributed by atoms with E-state index in [0.717, 1.165) is 57.8 Å². The predicted octanol–water partition coefficient (Wildman–Crippen LogP) is 1.38. The zero-order valence-electron chi connectivity index (χ0n) is 11.9. The Hall–Kier alpha value is -1.55. The maximum absolute atomic E-state index is 12.1. The van der Waals surface area contributed by atoms with Crippen molar-refractivity contribution < 1.29 is 9.53 Å². The number of hydrogen-bond donors (Lipinski definition) is 1. The van der Waals surface area contributed by atoms with Crippen LogP contribution in [-0.4, -0.2) is 43.6 Å². The number of carbonyl (C=O) groups is 1. The van der Waals surface area contributed by atoms with Gasteiger partial charge in [0, 0.05) is 32.6 Å². The van der Waals surface area contributed by atoms with Gasteiger partial charge in [0.25, 0.3) is 0 Å². The highest BCUT2D eigenvalue weighted by Gasteiger charge is 2.16. The van der Waals surface area contributed by atoms with Crippen molar-refractivity contribution in [3.05, 3.63) is 29.3 Å². The summed E-state index contributed by atoms with van der Waals surface area (Å²) in [6.45, 7) is 4.35. The van der Waals surface area contributed by atoms with Crippen LogP contribution in [0.3, 0.4) is 0 Å². The topological polar surface area (TPSA) is 41.6 Å². The van der Waals surface area contributed by atoms with Crippen LogP contribution in [0.1, 0.15) is 24.0 Å². The third-order valence-electron chi connectivity index (χ3n) is 4.07. The van der Waals surface area contributed by atoms with Crippen molar-refractivity contribution in [2.24, 2.45) is 0 Å². The minimum atomic E-state index is 0.278. The molecule has 1 fully saturated rings. The van der Waals surface area contributed by atoms with Gasteiger partial charge in [-0.1, -0.05) is 12.1 Å². The minimum absolute atomic E-state index is 0.278. The van der Waals surface area contributed by atoms with Crippen LogP contribution in [0.4, 0.5) is 0 Å². The Labute approximate surface area is 120 Å². The van der Waals surface area contributed by atoms with Crippen LogP contribution in [-0.2, 0) is 17.6 Å². The van der Waals surface area contributed by atoms with Crippen molar-refractivity contribution in [2.45, 2.75) is 25.7 Å². The zero-order valence-corrected chi connectivity index (χ0v) is 11.9. The minimum Gasteiger partial charge on any atom is -0.493 e. The van der Waals surface area contributed by atoms with Crippen LogP contribution >= 0.6 is 0 Å². The average Bonchev–Trinajstić information content (AvgIpc) is 2.53. The highest BCUT2D eigenvalue weighted by atomic mass is 16.5. The van der Waals surface area contributed by atoms with E-state index >= 15 is 0 Å². The normalized spacial score (nSPS) is 18.3. The number of fused-ring (bicyclic) bond motifs is 1. The summed E-state index contributed by atoms with van der Waals surface area (Å²) < 4.78 is 5.62. The van der Waals surface area contributed by atoms with Crippen LogP contribution in [0.2, 0.25) is 0 Å². The molecule has 1 aromatic carbocycles. The first kappa shape index (κ1) is 13.4. The number of hydrogen-bond acceptors (Lipinski definition) is 3. The SMILES string of the molecule is O=C(CCc1ccc2c(c1)CCCO2)N1CCNCC1. The van der Waals surface area contributed by atoms with Crippen molar-refractivity contribution in [3.63, 3.8) is 0 Å². The van der Waals surface area contributed by atoms with Gasteiger partial charge in [-0.05, 0) is 36.5 Å². The van der Waals surface area contributed by atoms with E-state index in [-0.39, 0.29) is 5.91 Å². The molecule has 2 heterocycles. The molecule has 0 saturated carbocycles. The number of aryl methyl sites for hydroxylation is 2. The second-order valence-electron chi connectivity index (χ2n) is 5.52. The molecule has 1 aromatic rings. The van der Waals surface area contributed by atoms with E-state index in [0.29, 0.717) is 6.42 Å². The molecule has 1 N–H and O–H groups in total. The summed E-state index contributed by atoms with van der Waals surface area (Å²) >= 11 is 0. The second-order valence-corrected chi connectivity index (χ2v) is 5.52. The van der Waals surface area contributed by atoms with Gasteiger partial charge in [-0.3, -0.25) is 4.79 Å². The molecule has 0 bridgehead atoms. The maximum atomic E-state index is 12.1. The van der Waals surface area contributed by atoms with Crippen LogP contribution in [0.5, 0.6) is 5.75 Å².